The Morgan fingerprint density at radius 1 is 1.21 bits per heavy atom. The molecule has 0 saturated heterocycles. The molecule has 4 nitrogen and oxygen atoms in total. The highest BCUT2D eigenvalue weighted by Gasteiger charge is 2.22. The van der Waals surface area contributed by atoms with E-state index in [1.54, 1.807) is 23.6 Å². The van der Waals surface area contributed by atoms with Crippen molar-refractivity contribution in [2.24, 2.45) is 5.10 Å². The Balaban J connectivity index is 2.25. The third-order valence-corrected chi connectivity index (χ3v) is 5.43. The van der Waals surface area contributed by atoms with Crippen molar-refractivity contribution in [3.8, 4) is 0 Å². The van der Waals surface area contributed by atoms with Gasteiger partial charge in [0.2, 0.25) is 0 Å². The van der Waals surface area contributed by atoms with Gasteiger partial charge < -0.3 is 0 Å². The summed E-state index contributed by atoms with van der Waals surface area (Å²) in [5.74, 6) is 0.634. The van der Waals surface area contributed by atoms with Crippen molar-refractivity contribution in [3.05, 3.63) is 59.6 Å². The second kappa shape index (κ2) is 6.54. The Morgan fingerprint density at radius 2 is 1.96 bits per heavy atom. The van der Waals surface area contributed by atoms with Crippen molar-refractivity contribution < 1.29 is 0 Å². The van der Waals surface area contributed by atoms with Crippen LogP contribution in [-0.2, 0) is 5.41 Å². The first-order valence-electron chi connectivity index (χ1n) is 7.28. The van der Waals surface area contributed by atoms with Crippen molar-refractivity contribution in [3.63, 3.8) is 0 Å². The molecule has 0 saturated carbocycles. The van der Waals surface area contributed by atoms with Gasteiger partial charge in [-0.05, 0) is 46.3 Å². The maximum absolute atomic E-state index is 13.0. The van der Waals surface area contributed by atoms with Crippen LogP contribution >= 0.6 is 43.2 Å². The molecule has 0 unspecified atom stereocenters. The Morgan fingerprint density at radius 3 is 2.58 bits per heavy atom. The monoisotopic (exact) mass is 467 g/mol. The molecule has 0 fully saturated rings. The quantitative estimate of drug-likeness (QED) is 0.487. The molecule has 0 radical (unpaired) electrons. The fraction of sp³-hybridized carbons (Fsp3) is 0.235. The zero-order valence-electron chi connectivity index (χ0n) is 13.4. The maximum Gasteiger partial charge on any atom is 0.282 e. The molecule has 7 heteroatoms. The van der Waals surface area contributed by atoms with E-state index in [1.165, 1.54) is 4.68 Å². The van der Waals surface area contributed by atoms with Gasteiger partial charge in [0.1, 0.15) is 5.82 Å². The number of benzene rings is 1. The molecule has 2 aromatic heterocycles. The van der Waals surface area contributed by atoms with Gasteiger partial charge >= 0.3 is 0 Å². The SMILES string of the molecule is CC(C)(C)c1nc2ccc(Br)cc2c(=O)n1N=Cc1ccc(Br)s1. The van der Waals surface area contributed by atoms with Crippen molar-refractivity contribution in [2.45, 2.75) is 26.2 Å². The summed E-state index contributed by atoms with van der Waals surface area (Å²) in [6, 6.07) is 9.42. The Kier molecular flexibility index (Phi) is 4.77. The number of hydrogen-bond donors (Lipinski definition) is 0. The van der Waals surface area contributed by atoms with E-state index in [-0.39, 0.29) is 11.0 Å². The number of rotatable bonds is 2. The molecule has 0 amide bonds. The van der Waals surface area contributed by atoms with Gasteiger partial charge in [0, 0.05) is 14.8 Å². The minimum Gasteiger partial charge on any atom is -0.267 e. The summed E-state index contributed by atoms with van der Waals surface area (Å²) in [6.45, 7) is 6.06. The lowest BCUT2D eigenvalue weighted by Crippen LogP contribution is -2.29. The van der Waals surface area contributed by atoms with Gasteiger partial charge in [-0.15, -0.1) is 11.3 Å². The lowest BCUT2D eigenvalue weighted by atomic mass is 9.95. The minimum atomic E-state index is -0.312. The third-order valence-electron chi connectivity index (χ3n) is 3.37. The number of halogens is 2. The summed E-state index contributed by atoms with van der Waals surface area (Å²) < 4.78 is 3.27. The van der Waals surface area contributed by atoms with Crippen molar-refractivity contribution in [2.75, 3.05) is 0 Å². The molecular formula is C17H15Br2N3OS. The largest absolute Gasteiger partial charge is 0.282 e. The Labute approximate surface area is 160 Å². The predicted octanol–water partition coefficient (Wildman–Crippen LogP) is 5.16. The fourth-order valence-corrected chi connectivity index (χ4v) is 3.90. The molecule has 0 aliphatic carbocycles. The maximum atomic E-state index is 13.0. The van der Waals surface area contributed by atoms with E-state index < -0.39 is 0 Å². The average molecular weight is 469 g/mol. The number of aromatic nitrogens is 2. The summed E-state index contributed by atoms with van der Waals surface area (Å²) in [4.78, 5) is 18.6. The fourth-order valence-electron chi connectivity index (χ4n) is 2.25. The van der Waals surface area contributed by atoms with Gasteiger partial charge in [0.25, 0.3) is 5.56 Å². The normalized spacial score (nSPS) is 12.4. The first kappa shape index (κ1) is 17.5. The number of fused-ring (bicyclic) bond motifs is 1. The van der Waals surface area contributed by atoms with Crippen LogP contribution < -0.4 is 5.56 Å². The lowest BCUT2D eigenvalue weighted by molar-refractivity contribution is 0.506. The van der Waals surface area contributed by atoms with Crippen LogP contribution in [0.1, 0.15) is 31.5 Å². The molecule has 0 spiro atoms. The van der Waals surface area contributed by atoms with Crippen molar-refractivity contribution in [1.29, 1.82) is 0 Å². The van der Waals surface area contributed by atoms with Crippen LogP contribution in [0.15, 0.2) is 48.5 Å². The number of nitrogens with zero attached hydrogens (tertiary/aromatic N) is 3. The Hall–Kier alpha value is -1.31. The molecule has 24 heavy (non-hydrogen) atoms. The number of thiophene rings is 1. The van der Waals surface area contributed by atoms with Gasteiger partial charge in [-0.2, -0.15) is 9.78 Å². The van der Waals surface area contributed by atoms with E-state index in [2.05, 4.69) is 41.9 Å². The van der Waals surface area contributed by atoms with Gasteiger partial charge in [-0.1, -0.05) is 36.7 Å². The van der Waals surface area contributed by atoms with Crippen molar-refractivity contribution >= 4 is 60.3 Å². The van der Waals surface area contributed by atoms with Crippen LogP contribution in [0.25, 0.3) is 10.9 Å². The molecule has 2 heterocycles. The molecule has 3 aromatic rings. The second-order valence-corrected chi connectivity index (χ2v) is 9.76. The highest BCUT2D eigenvalue weighted by Crippen LogP contribution is 2.24. The van der Waals surface area contributed by atoms with Crippen LogP contribution in [0, 0.1) is 0 Å². The third kappa shape index (κ3) is 3.53. The van der Waals surface area contributed by atoms with Crippen molar-refractivity contribution in [1.82, 2.24) is 9.66 Å². The second-order valence-electron chi connectivity index (χ2n) is 6.35. The predicted molar refractivity (Wildman–Crippen MR) is 107 cm³/mol. The summed E-state index contributed by atoms with van der Waals surface area (Å²) in [6.07, 6.45) is 1.69. The summed E-state index contributed by atoms with van der Waals surface area (Å²) in [5, 5.41) is 4.97. The summed E-state index contributed by atoms with van der Waals surface area (Å²) in [5.41, 5.74) is 0.199. The first-order valence-corrected chi connectivity index (χ1v) is 9.68. The summed E-state index contributed by atoms with van der Waals surface area (Å²) >= 11 is 8.40. The summed E-state index contributed by atoms with van der Waals surface area (Å²) in [7, 11) is 0. The molecule has 3 rings (SSSR count). The van der Waals surface area contributed by atoms with Gasteiger partial charge in [0.05, 0.1) is 20.9 Å². The van der Waals surface area contributed by atoms with E-state index in [9.17, 15) is 4.79 Å². The molecule has 0 aliphatic rings. The molecular weight excluding hydrogens is 454 g/mol. The highest BCUT2D eigenvalue weighted by molar-refractivity contribution is 9.11. The van der Waals surface area contributed by atoms with E-state index in [4.69, 9.17) is 0 Å². The van der Waals surface area contributed by atoms with Crippen LogP contribution in [0.5, 0.6) is 0 Å². The van der Waals surface area contributed by atoms with Crippen LogP contribution in [0.4, 0.5) is 0 Å². The molecule has 0 aliphatic heterocycles. The van der Waals surface area contributed by atoms with E-state index in [1.807, 2.05) is 45.0 Å². The van der Waals surface area contributed by atoms with Gasteiger partial charge in [0.15, 0.2) is 0 Å². The molecule has 0 N–H and O–H groups in total. The van der Waals surface area contributed by atoms with Gasteiger partial charge in [-0.3, -0.25) is 4.79 Å². The molecule has 1 aromatic carbocycles. The van der Waals surface area contributed by atoms with E-state index >= 15 is 0 Å². The first-order chi connectivity index (χ1) is 11.3. The van der Waals surface area contributed by atoms with Crippen LogP contribution in [0.2, 0.25) is 0 Å². The standard InChI is InChI=1S/C17H15Br2N3OS/c1-17(2,3)16-21-13-6-4-10(18)8-12(13)15(23)22(16)20-9-11-5-7-14(19)24-11/h4-9H,1-3H3. The smallest absolute Gasteiger partial charge is 0.267 e. The Bertz CT molecular complexity index is 999. The topological polar surface area (TPSA) is 47.2 Å². The van der Waals surface area contributed by atoms with E-state index in [0.717, 1.165) is 13.1 Å². The van der Waals surface area contributed by atoms with Gasteiger partial charge in [-0.25, -0.2) is 4.98 Å². The average Bonchev–Trinajstić information content (AvgIpc) is 2.91. The highest BCUT2D eigenvalue weighted by atomic mass is 79.9. The van der Waals surface area contributed by atoms with Crippen LogP contribution in [-0.4, -0.2) is 15.9 Å². The lowest BCUT2D eigenvalue weighted by Gasteiger charge is -2.20. The number of hydrogen-bond acceptors (Lipinski definition) is 4. The zero-order chi connectivity index (χ0) is 17.5. The zero-order valence-corrected chi connectivity index (χ0v) is 17.4. The molecule has 124 valence electrons. The molecule has 0 atom stereocenters. The van der Waals surface area contributed by atoms with Crippen LogP contribution in [0.3, 0.4) is 0 Å². The van der Waals surface area contributed by atoms with E-state index in [0.29, 0.717) is 16.7 Å². The minimum absolute atomic E-state index is 0.168. The molecule has 0 bridgehead atoms.